The maximum Gasteiger partial charge on any atom is 0.328 e. The molecule has 0 aliphatic heterocycles. The van der Waals surface area contributed by atoms with Crippen molar-refractivity contribution in [3.05, 3.63) is 35.9 Å². The molecular formula is C15H21N3O3. The van der Waals surface area contributed by atoms with Crippen molar-refractivity contribution in [1.82, 2.24) is 10.2 Å². The highest BCUT2D eigenvalue weighted by Gasteiger charge is 2.07. The van der Waals surface area contributed by atoms with Crippen LogP contribution in [0.3, 0.4) is 0 Å². The van der Waals surface area contributed by atoms with Crippen molar-refractivity contribution in [3.8, 4) is 0 Å². The molecule has 114 valence electrons. The maximum absolute atomic E-state index is 11.9. The fraction of sp³-hybridized carbons (Fsp3) is 0.333. The van der Waals surface area contributed by atoms with Gasteiger partial charge in [0.1, 0.15) is 0 Å². The van der Waals surface area contributed by atoms with Gasteiger partial charge in [0.05, 0.1) is 0 Å². The Bertz CT molecular complexity index is 497. The summed E-state index contributed by atoms with van der Waals surface area (Å²) in [5.41, 5.74) is 1.44. The van der Waals surface area contributed by atoms with E-state index in [9.17, 15) is 9.59 Å². The second-order valence-electron chi connectivity index (χ2n) is 4.60. The number of anilines is 1. The van der Waals surface area contributed by atoms with E-state index in [2.05, 4.69) is 10.6 Å². The second-order valence-corrected chi connectivity index (χ2v) is 4.60. The van der Waals surface area contributed by atoms with Gasteiger partial charge in [-0.25, -0.2) is 9.59 Å². The summed E-state index contributed by atoms with van der Waals surface area (Å²) in [4.78, 5) is 23.9. The molecule has 1 aromatic rings. The molecule has 0 aliphatic carbocycles. The molecule has 0 heterocycles. The SMILES string of the molecule is CNCCCN(C)C(=O)Nc1ccc(/C=C/C(=O)O)cc1. The van der Waals surface area contributed by atoms with E-state index in [1.165, 1.54) is 6.08 Å². The molecule has 0 fully saturated rings. The third kappa shape index (κ3) is 6.58. The topological polar surface area (TPSA) is 81.7 Å². The highest BCUT2D eigenvalue weighted by molar-refractivity contribution is 5.89. The van der Waals surface area contributed by atoms with Crippen molar-refractivity contribution < 1.29 is 14.7 Å². The molecule has 0 aliphatic rings. The molecule has 0 aromatic heterocycles. The van der Waals surface area contributed by atoms with Crippen LogP contribution in [0.5, 0.6) is 0 Å². The number of carbonyl (C=O) groups is 2. The Kier molecular flexibility index (Phi) is 6.97. The summed E-state index contributed by atoms with van der Waals surface area (Å²) in [6, 6.07) is 6.80. The van der Waals surface area contributed by atoms with Crippen LogP contribution in [-0.4, -0.2) is 49.2 Å². The zero-order valence-corrected chi connectivity index (χ0v) is 12.3. The molecule has 0 atom stereocenters. The number of carbonyl (C=O) groups excluding carboxylic acids is 1. The second kappa shape index (κ2) is 8.76. The third-order valence-corrected chi connectivity index (χ3v) is 2.85. The zero-order chi connectivity index (χ0) is 15.7. The maximum atomic E-state index is 11.9. The standard InChI is InChI=1S/C15H21N3O3/c1-16-10-3-11-18(2)15(21)17-13-7-4-12(5-8-13)6-9-14(19)20/h4-9,16H,3,10-11H2,1-2H3,(H,17,21)(H,19,20)/b9-6+. The van der Waals surface area contributed by atoms with Gasteiger partial charge >= 0.3 is 12.0 Å². The highest BCUT2D eigenvalue weighted by atomic mass is 16.4. The fourth-order valence-corrected chi connectivity index (χ4v) is 1.66. The van der Waals surface area contributed by atoms with Gasteiger partial charge in [-0.1, -0.05) is 12.1 Å². The molecule has 2 amide bonds. The lowest BCUT2D eigenvalue weighted by Crippen LogP contribution is -2.33. The number of rotatable bonds is 7. The molecule has 0 saturated heterocycles. The number of hydrogen-bond acceptors (Lipinski definition) is 3. The number of benzene rings is 1. The summed E-state index contributed by atoms with van der Waals surface area (Å²) in [6.45, 7) is 1.54. The molecule has 6 nitrogen and oxygen atoms in total. The summed E-state index contributed by atoms with van der Waals surface area (Å²) in [6.07, 6.45) is 3.46. The van der Waals surface area contributed by atoms with Crippen LogP contribution in [0, 0.1) is 0 Å². The highest BCUT2D eigenvalue weighted by Crippen LogP contribution is 2.11. The van der Waals surface area contributed by atoms with Crippen molar-refractivity contribution >= 4 is 23.8 Å². The zero-order valence-electron chi connectivity index (χ0n) is 12.3. The van der Waals surface area contributed by atoms with Crippen LogP contribution >= 0.6 is 0 Å². The lowest BCUT2D eigenvalue weighted by Gasteiger charge is -2.17. The van der Waals surface area contributed by atoms with Crippen molar-refractivity contribution in [2.45, 2.75) is 6.42 Å². The number of urea groups is 1. The van der Waals surface area contributed by atoms with Crippen LogP contribution in [0.1, 0.15) is 12.0 Å². The van der Waals surface area contributed by atoms with Gasteiger partial charge in [0, 0.05) is 25.4 Å². The third-order valence-electron chi connectivity index (χ3n) is 2.85. The van der Waals surface area contributed by atoms with E-state index in [-0.39, 0.29) is 6.03 Å². The number of carboxylic acid groups (broad SMARTS) is 1. The summed E-state index contributed by atoms with van der Waals surface area (Å²) in [5.74, 6) is -0.990. The number of nitrogens with one attached hydrogen (secondary N) is 2. The van der Waals surface area contributed by atoms with Crippen LogP contribution in [0.25, 0.3) is 6.08 Å². The van der Waals surface area contributed by atoms with Gasteiger partial charge < -0.3 is 20.6 Å². The first-order valence-corrected chi connectivity index (χ1v) is 6.70. The molecule has 0 radical (unpaired) electrons. The first kappa shape index (κ1) is 16.7. The van der Waals surface area contributed by atoms with E-state index in [0.717, 1.165) is 24.6 Å². The Morgan fingerprint density at radius 3 is 2.52 bits per heavy atom. The Morgan fingerprint density at radius 1 is 1.29 bits per heavy atom. The first-order chi connectivity index (χ1) is 10.0. The van der Waals surface area contributed by atoms with E-state index in [0.29, 0.717) is 12.2 Å². The van der Waals surface area contributed by atoms with E-state index in [1.54, 1.807) is 36.2 Å². The predicted octanol–water partition coefficient (Wildman–Crippen LogP) is 1.86. The molecule has 6 heteroatoms. The van der Waals surface area contributed by atoms with Crippen molar-refractivity contribution in [1.29, 1.82) is 0 Å². The van der Waals surface area contributed by atoms with Crippen LogP contribution < -0.4 is 10.6 Å². The van der Waals surface area contributed by atoms with Gasteiger partial charge in [0.15, 0.2) is 0 Å². The van der Waals surface area contributed by atoms with E-state index in [1.807, 2.05) is 7.05 Å². The van der Waals surface area contributed by atoms with Gasteiger partial charge in [-0.2, -0.15) is 0 Å². The fourth-order valence-electron chi connectivity index (χ4n) is 1.66. The Morgan fingerprint density at radius 2 is 1.95 bits per heavy atom. The summed E-state index contributed by atoms with van der Waals surface area (Å²) in [5, 5.41) is 14.4. The van der Waals surface area contributed by atoms with Gasteiger partial charge in [-0.05, 0) is 43.8 Å². The van der Waals surface area contributed by atoms with Gasteiger partial charge in [0.25, 0.3) is 0 Å². The lowest BCUT2D eigenvalue weighted by atomic mass is 10.2. The molecular weight excluding hydrogens is 270 g/mol. The molecule has 0 saturated carbocycles. The number of amides is 2. The lowest BCUT2D eigenvalue weighted by molar-refractivity contribution is -0.131. The molecule has 0 bridgehead atoms. The summed E-state index contributed by atoms with van der Waals surface area (Å²) < 4.78 is 0. The normalized spacial score (nSPS) is 10.6. The molecule has 3 N–H and O–H groups in total. The molecule has 1 aromatic carbocycles. The average Bonchev–Trinajstić information content (AvgIpc) is 2.46. The van der Waals surface area contributed by atoms with Gasteiger partial charge in [-0.15, -0.1) is 0 Å². The van der Waals surface area contributed by atoms with E-state index < -0.39 is 5.97 Å². The summed E-state index contributed by atoms with van der Waals surface area (Å²) in [7, 11) is 3.62. The first-order valence-electron chi connectivity index (χ1n) is 6.70. The van der Waals surface area contributed by atoms with Crippen LogP contribution in [0.4, 0.5) is 10.5 Å². The van der Waals surface area contributed by atoms with Crippen LogP contribution in [-0.2, 0) is 4.79 Å². The quantitative estimate of drug-likeness (QED) is 0.529. The van der Waals surface area contributed by atoms with E-state index >= 15 is 0 Å². The average molecular weight is 291 g/mol. The van der Waals surface area contributed by atoms with Crippen molar-refractivity contribution in [3.63, 3.8) is 0 Å². The number of nitrogens with zero attached hydrogens (tertiary/aromatic N) is 1. The Balaban J connectivity index is 2.51. The monoisotopic (exact) mass is 291 g/mol. The smallest absolute Gasteiger partial charge is 0.328 e. The van der Waals surface area contributed by atoms with Gasteiger partial charge in [0.2, 0.25) is 0 Å². The van der Waals surface area contributed by atoms with Crippen molar-refractivity contribution in [2.24, 2.45) is 0 Å². The number of aliphatic carboxylic acids is 1. The minimum absolute atomic E-state index is 0.167. The van der Waals surface area contributed by atoms with Gasteiger partial charge in [-0.3, -0.25) is 0 Å². The predicted molar refractivity (Wildman–Crippen MR) is 83.3 cm³/mol. The molecule has 0 unspecified atom stereocenters. The van der Waals surface area contributed by atoms with Crippen LogP contribution in [0.15, 0.2) is 30.3 Å². The number of hydrogen-bond donors (Lipinski definition) is 3. The Labute approximate surface area is 124 Å². The van der Waals surface area contributed by atoms with Crippen molar-refractivity contribution in [2.75, 3.05) is 32.5 Å². The number of carboxylic acids is 1. The van der Waals surface area contributed by atoms with E-state index in [4.69, 9.17) is 5.11 Å². The molecule has 21 heavy (non-hydrogen) atoms. The van der Waals surface area contributed by atoms with Crippen LogP contribution in [0.2, 0.25) is 0 Å². The molecule has 0 spiro atoms. The largest absolute Gasteiger partial charge is 0.478 e. The minimum atomic E-state index is -0.990. The molecule has 1 rings (SSSR count). The minimum Gasteiger partial charge on any atom is -0.478 e. The Hall–Kier alpha value is -2.34. The summed E-state index contributed by atoms with van der Waals surface area (Å²) >= 11 is 0.